The van der Waals surface area contributed by atoms with E-state index in [1.165, 1.54) is 12.8 Å². The third kappa shape index (κ3) is 3.22. The van der Waals surface area contributed by atoms with Gasteiger partial charge < -0.3 is 10.6 Å². The highest BCUT2D eigenvalue weighted by molar-refractivity contribution is 5.54. The van der Waals surface area contributed by atoms with E-state index in [2.05, 4.69) is 11.8 Å². The molecule has 2 N–H and O–H groups in total. The van der Waals surface area contributed by atoms with Gasteiger partial charge in [0.05, 0.1) is 5.69 Å². The number of benzene rings is 1. The molecule has 1 saturated carbocycles. The average molecular weight is 250 g/mol. The number of nitrogens with two attached hydrogens (primary N) is 1. The van der Waals surface area contributed by atoms with Crippen molar-refractivity contribution in [1.82, 2.24) is 0 Å². The number of rotatable bonds is 6. The first-order valence-electron chi connectivity index (χ1n) is 6.86. The summed E-state index contributed by atoms with van der Waals surface area (Å²) in [4.78, 5) is 2.06. The molecule has 18 heavy (non-hydrogen) atoms. The van der Waals surface area contributed by atoms with Gasteiger partial charge >= 0.3 is 0 Å². The maximum Gasteiger partial charge on any atom is 0.146 e. The number of anilines is 1. The molecule has 0 aromatic heterocycles. The highest BCUT2D eigenvalue weighted by Crippen LogP contribution is 2.33. The minimum atomic E-state index is -0.126. The Kier molecular flexibility index (Phi) is 4.23. The molecule has 0 saturated heterocycles. The highest BCUT2D eigenvalue weighted by Gasteiger charge is 2.25. The van der Waals surface area contributed by atoms with Crippen molar-refractivity contribution in [2.24, 2.45) is 11.7 Å². The monoisotopic (exact) mass is 250 g/mol. The highest BCUT2D eigenvalue weighted by atomic mass is 19.1. The van der Waals surface area contributed by atoms with Crippen LogP contribution in [0.15, 0.2) is 18.2 Å². The zero-order valence-electron chi connectivity index (χ0n) is 11.3. The first-order valence-corrected chi connectivity index (χ1v) is 6.86. The summed E-state index contributed by atoms with van der Waals surface area (Å²) >= 11 is 0. The molecule has 0 bridgehead atoms. The van der Waals surface area contributed by atoms with Gasteiger partial charge in [-0.25, -0.2) is 4.39 Å². The molecule has 0 heterocycles. The largest absolute Gasteiger partial charge is 0.372 e. The molecule has 1 aliphatic rings. The van der Waals surface area contributed by atoms with Crippen LogP contribution in [0.5, 0.6) is 0 Å². The lowest BCUT2D eigenvalue weighted by molar-refractivity contribution is 0.606. The Labute approximate surface area is 109 Å². The van der Waals surface area contributed by atoms with Crippen LogP contribution in [0, 0.1) is 11.7 Å². The average Bonchev–Trinajstić information content (AvgIpc) is 3.12. The molecule has 1 atom stereocenters. The molecule has 0 spiro atoms. The van der Waals surface area contributed by atoms with Crippen LogP contribution in [0.2, 0.25) is 0 Å². The standard InChI is InChI=1S/C15H23FN2/c1-3-13(17)9-12-5-4-6-14(16)15(12)18(2)10-11-7-8-11/h4-6,11,13H,3,7-10,17H2,1-2H3. The lowest BCUT2D eigenvalue weighted by Crippen LogP contribution is -2.26. The summed E-state index contributed by atoms with van der Waals surface area (Å²) in [5.74, 6) is 0.626. The van der Waals surface area contributed by atoms with Crippen LogP contribution in [-0.2, 0) is 6.42 Å². The predicted octanol–water partition coefficient (Wildman–Crippen LogP) is 2.95. The van der Waals surface area contributed by atoms with Crippen molar-refractivity contribution in [2.75, 3.05) is 18.5 Å². The van der Waals surface area contributed by atoms with Crippen molar-refractivity contribution in [1.29, 1.82) is 0 Å². The SMILES string of the molecule is CCC(N)Cc1cccc(F)c1N(C)CC1CC1. The van der Waals surface area contributed by atoms with Gasteiger partial charge in [0.2, 0.25) is 0 Å². The molecule has 100 valence electrons. The second-order valence-corrected chi connectivity index (χ2v) is 5.44. The quantitative estimate of drug-likeness (QED) is 0.841. The number of nitrogens with zero attached hydrogens (tertiary/aromatic N) is 1. The Morgan fingerprint density at radius 1 is 1.44 bits per heavy atom. The van der Waals surface area contributed by atoms with Crippen molar-refractivity contribution in [2.45, 2.75) is 38.6 Å². The first-order chi connectivity index (χ1) is 8.61. The minimum Gasteiger partial charge on any atom is -0.372 e. The van der Waals surface area contributed by atoms with Gasteiger partial charge in [0.25, 0.3) is 0 Å². The Balaban J connectivity index is 2.18. The van der Waals surface area contributed by atoms with Gasteiger partial charge in [-0.05, 0) is 43.2 Å². The molecular formula is C15H23FN2. The van der Waals surface area contributed by atoms with Crippen molar-refractivity contribution < 1.29 is 4.39 Å². The van der Waals surface area contributed by atoms with E-state index in [1.807, 2.05) is 13.1 Å². The molecule has 1 aromatic rings. The third-order valence-corrected chi connectivity index (χ3v) is 3.69. The Morgan fingerprint density at radius 2 is 2.17 bits per heavy atom. The van der Waals surface area contributed by atoms with E-state index in [4.69, 9.17) is 5.73 Å². The minimum absolute atomic E-state index is 0.111. The number of halogens is 1. The molecule has 0 aliphatic heterocycles. The van der Waals surface area contributed by atoms with Gasteiger partial charge in [0.1, 0.15) is 5.82 Å². The van der Waals surface area contributed by atoms with Crippen LogP contribution < -0.4 is 10.6 Å². The van der Waals surface area contributed by atoms with E-state index in [-0.39, 0.29) is 11.9 Å². The first kappa shape index (κ1) is 13.3. The van der Waals surface area contributed by atoms with Gasteiger partial charge in [-0.1, -0.05) is 19.1 Å². The van der Waals surface area contributed by atoms with Gasteiger partial charge in [0, 0.05) is 19.6 Å². The second kappa shape index (κ2) is 5.70. The van der Waals surface area contributed by atoms with Crippen LogP contribution in [0.1, 0.15) is 31.7 Å². The van der Waals surface area contributed by atoms with Crippen molar-refractivity contribution in [3.8, 4) is 0 Å². The van der Waals surface area contributed by atoms with E-state index >= 15 is 0 Å². The fourth-order valence-corrected chi connectivity index (χ4v) is 2.36. The predicted molar refractivity (Wildman–Crippen MR) is 74.4 cm³/mol. The molecule has 3 heteroatoms. The van der Waals surface area contributed by atoms with E-state index in [0.717, 1.165) is 36.6 Å². The van der Waals surface area contributed by atoms with Gasteiger partial charge in [-0.3, -0.25) is 0 Å². The fraction of sp³-hybridized carbons (Fsp3) is 0.600. The van der Waals surface area contributed by atoms with Crippen molar-refractivity contribution >= 4 is 5.69 Å². The summed E-state index contributed by atoms with van der Waals surface area (Å²) in [6.45, 7) is 3.02. The summed E-state index contributed by atoms with van der Waals surface area (Å²) in [5, 5.41) is 0. The molecule has 2 rings (SSSR count). The van der Waals surface area contributed by atoms with Crippen LogP contribution in [-0.4, -0.2) is 19.6 Å². The summed E-state index contributed by atoms with van der Waals surface area (Å²) in [7, 11) is 1.98. The molecule has 2 nitrogen and oxygen atoms in total. The van der Waals surface area contributed by atoms with Gasteiger partial charge in [-0.2, -0.15) is 0 Å². The zero-order chi connectivity index (χ0) is 13.1. The number of hydrogen-bond donors (Lipinski definition) is 1. The van der Waals surface area contributed by atoms with E-state index in [0.29, 0.717) is 0 Å². The van der Waals surface area contributed by atoms with Gasteiger partial charge in [-0.15, -0.1) is 0 Å². The van der Waals surface area contributed by atoms with E-state index in [9.17, 15) is 4.39 Å². The van der Waals surface area contributed by atoms with Crippen LogP contribution in [0.25, 0.3) is 0 Å². The Hall–Kier alpha value is -1.09. The fourth-order valence-electron chi connectivity index (χ4n) is 2.36. The molecule has 1 fully saturated rings. The Morgan fingerprint density at radius 3 is 2.78 bits per heavy atom. The van der Waals surface area contributed by atoms with Crippen LogP contribution in [0.3, 0.4) is 0 Å². The molecule has 1 unspecified atom stereocenters. The van der Waals surface area contributed by atoms with Crippen molar-refractivity contribution in [3.05, 3.63) is 29.6 Å². The van der Waals surface area contributed by atoms with Crippen LogP contribution >= 0.6 is 0 Å². The topological polar surface area (TPSA) is 29.3 Å². The van der Waals surface area contributed by atoms with Crippen LogP contribution in [0.4, 0.5) is 10.1 Å². The smallest absolute Gasteiger partial charge is 0.146 e. The summed E-state index contributed by atoms with van der Waals surface area (Å²) in [6, 6.07) is 5.43. The van der Waals surface area contributed by atoms with Gasteiger partial charge in [0.15, 0.2) is 0 Å². The number of para-hydroxylation sites is 1. The van der Waals surface area contributed by atoms with E-state index < -0.39 is 0 Å². The molecule has 1 aliphatic carbocycles. The second-order valence-electron chi connectivity index (χ2n) is 5.44. The normalized spacial score (nSPS) is 16.7. The lowest BCUT2D eigenvalue weighted by Gasteiger charge is -2.24. The zero-order valence-corrected chi connectivity index (χ0v) is 11.3. The summed E-state index contributed by atoms with van der Waals surface area (Å²) < 4.78 is 14.0. The molecular weight excluding hydrogens is 227 g/mol. The maximum absolute atomic E-state index is 14.0. The summed E-state index contributed by atoms with van der Waals surface area (Å²) in [6.07, 6.45) is 4.23. The molecule has 0 radical (unpaired) electrons. The maximum atomic E-state index is 14.0. The Bertz CT molecular complexity index is 401. The van der Waals surface area contributed by atoms with Crippen molar-refractivity contribution in [3.63, 3.8) is 0 Å². The lowest BCUT2D eigenvalue weighted by atomic mass is 10.0. The molecule has 0 amide bonds. The molecule has 1 aromatic carbocycles. The van der Waals surface area contributed by atoms with E-state index in [1.54, 1.807) is 12.1 Å². The summed E-state index contributed by atoms with van der Waals surface area (Å²) in [5.41, 5.74) is 7.78. The third-order valence-electron chi connectivity index (χ3n) is 3.69. The number of hydrogen-bond acceptors (Lipinski definition) is 2.